The van der Waals surface area contributed by atoms with Crippen molar-refractivity contribution in [3.05, 3.63) is 77.8 Å². The molecule has 7 nitrogen and oxygen atoms in total. The second-order valence-corrected chi connectivity index (χ2v) is 9.02. The van der Waals surface area contributed by atoms with Crippen molar-refractivity contribution in [1.82, 2.24) is 25.8 Å². The minimum atomic E-state index is -0.245. The molecule has 1 amide bonds. The third-order valence-corrected chi connectivity index (χ3v) is 6.75. The second kappa shape index (κ2) is 14.4. The van der Waals surface area contributed by atoms with Crippen LogP contribution in [0.25, 0.3) is 10.9 Å². The van der Waals surface area contributed by atoms with Crippen molar-refractivity contribution in [2.24, 2.45) is 0 Å². The highest BCUT2D eigenvalue weighted by Crippen LogP contribution is 2.34. The molecular formula is C30H44N6O. The molecule has 200 valence electrons. The molecule has 0 aliphatic carbocycles. The molecule has 1 unspecified atom stereocenters. The number of carbonyl (C=O) groups excluding carboxylic acids is 1. The summed E-state index contributed by atoms with van der Waals surface area (Å²) < 4.78 is 0. The van der Waals surface area contributed by atoms with E-state index in [1.165, 1.54) is 29.4 Å². The van der Waals surface area contributed by atoms with E-state index in [1.807, 2.05) is 64.4 Å². The van der Waals surface area contributed by atoms with Gasteiger partial charge in [-0.05, 0) is 98.9 Å². The van der Waals surface area contributed by atoms with Crippen LogP contribution in [0.15, 0.2) is 72.2 Å². The normalized spacial score (nSPS) is 19.3. The molecule has 1 saturated heterocycles. The summed E-state index contributed by atoms with van der Waals surface area (Å²) >= 11 is 0. The fourth-order valence-electron chi connectivity index (χ4n) is 4.79. The summed E-state index contributed by atoms with van der Waals surface area (Å²) in [6, 6.07) is 6.13. The third-order valence-electron chi connectivity index (χ3n) is 6.75. The molecule has 1 aromatic carbocycles. The second-order valence-electron chi connectivity index (χ2n) is 9.02. The number of aromatic amines is 1. The maximum atomic E-state index is 13.2. The number of aromatic nitrogens is 1. The van der Waals surface area contributed by atoms with E-state index < -0.39 is 0 Å². The average molecular weight is 505 g/mol. The number of H-pyrrole nitrogens is 1. The number of allylic oxidation sites excluding steroid dienone is 2. The van der Waals surface area contributed by atoms with Gasteiger partial charge in [-0.15, -0.1) is 0 Å². The molecule has 0 bridgehead atoms. The van der Waals surface area contributed by atoms with Crippen molar-refractivity contribution in [3.8, 4) is 0 Å². The van der Waals surface area contributed by atoms with Crippen molar-refractivity contribution in [2.45, 2.75) is 52.6 Å². The van der Waals surface area contributed by atoms with Gasteiger partial charge in [0.05, 0.1) is 5.57 Å². The Kier molecular flexibility index (Phi) is 11.0. The Morgan fingerprint density at radius 2 is 1.89 bits per heavy atom. The number of amides is 1. The molecule has 1 atom stereocenters. The molecule has 5 rings (SSSR count). The minimum Gasteiger partial charge on any atom is -0.387 e. The zero-order valence-corrected chi connectivity index (χ0v) is 23.0. The fourth-order valence-corrected chi connectivity index (χ4v) is 4.79. The summed E-state index contributed by atoms with van der Waals surface area (Å²) in [6.07, 6.45) is 16.0. The van der Waals surface area contributed by atoms with E-state index >= 15 is 0 Å². The van der Waals surface area contributed by atoms with Crippen LogP contribution >= 0.6 is 0 Å². The molecular weight excluding hydrogens is 460 g/mol. The van der Waals surface area contributed by atoms with Gasteiger partial charge in [0, 0.05) is 35.9 Å². The maximum Gasteiger partial charge on any atom is 0.255 e. The van der Waals surface area contributed by atoms with Gasteiger partial charge >= 0.3 is 0 Å². The van der Waals surface area contributed by atoms with E-state index in [9.17, 15) is 4.79 Å². The van der Waals surface area contributed by atoms with Gasteiger partial charge in [0.25, 0.3) is 5.91 Å². The molecule has 0 saturated carbocycles. The smallest absolute Gasteiger partial charge is 0.255 e. The van der Waals surface area contributed by atoms with Crippen LogP contribution in [-0.2, 0) is 4.79 Å². The molecule has 1 fully saturated rings. The Bertz CT molecular complexity index is 1130. The molecule has 0 spiro atoms. The van der Waals surface area contributed by atoms with E-state index in [-0.39, 0.29) is 12.1 Å². The number of benzene rings is 1. The fraction of sp³-hybridized carbons (Fsp3) is 0.433. The van der Waals surface area contributed by atoms with E-state index in [4.69, 9.17) is 0 Å². The van der Waals surface area contributed by atoms with Crippen LogP contribution in [0.2, 0.25) is 0 Å². The molecule has 4 heterocycles. The highest BCUT2D eigenvalue weighted by atomic mass is 16.1. The Balaban J connectivity index is 0.000000907. The first-order valence-electron chi connectivity index (χ1n) is 13.7. The van der Waals surface area contributed by atoms with E-state index in [2.05, 4.69) is 62.6 Å². The number of rotatable bonds is 6. The summed E-state index contributed by atoms with van der Waals surface area (Å²) in [5, 5.41) is 14.2. The average Bonchev–Trinajstić information content (AvgIpc) is 3.38. The molecule has 37 heavy (non-hydrogen) atoms. The first-order valence-corrected chi connectivity index (χ1v) is 13.7. The topological polar surface area (TPSA) is 84.2 Å². The zero-order chi connectivity index (χ0) is 26.6. The van der Waals surface area contributed by atoms with Crippen LogP contribution in [0.4, 0.5) is 5.69 Å². The van der Waals surface area contributed by atoms with Gasteiger partial charge in [0.1, 0.15) is 6.17 Å². The number of carbonyl (C=O) groups is 1. The van der Waals surface area contributed by atoms with Crippen molar-refractivity contribution in [2.75, 3.05) is 38.5 Å². The SMILES string of the molecule is CC.CC.CN1CCC(c2c[nH]c3ccc(NC(=O)C4=CC=CNC4NCC4=CCNC=C4)cc23)CC1. The first kappa shape index (κ1) is 28.3. The first-order chi connectivity index (χ1) is 18.2. The molecule has 1 aromatic heterocycles. The van der Waals surface area contributed by atoms with Crippen molar-refractivity contribution < 1.29 is 4.79 Å². The number of nitrogens with zero attached hydrogens (tertiary/aromatic N) is 1. The predicted molar refractivity (Wildman–Crippen MR) is 156 cm³/mol. The van der Waals surface area contributed by atoms with Crippen LogP contribution in [0.3, 0.4) is 0 Å². The molecule has 5 N–H and O–H groups in total. The quantitative estimate of drug-likeness (QED) is 0.384. The Hall–Kier alpha value is -3.29. The molecule has 0 radical (unpaired) electrons. The zero-order valence-electron chi connectivity index (χ0n) is 23.0. The Labute approximate surface area is 222 Å². The summed E-state index contributed by atoms with van der Waals surface area (Å²) in [4.78, 5) is 19.0. The number of likely N-dealkylation sites (tertiary alicyclic amines) is 1. The van der Waals surface area contributed by atoms with Crippen LogP contribution in [0.5, 0.6) is 0 Å². The van der Waals surface area contributed by atoms with Gasteiger partial charge in [-0.3, -0.25) is 10.1 Å². The molecule has 2 aromatic rings. The van der Waals surface area contributed by atoms with Crippen molar-refractivity contribution in [3.63, 3.8) is 0 Å². The Morgan fingerprint density at radius 1 is 1.11 bits per heavy atom. The van der Waals surface area contributed by atoms with Crippen LogP contribution in [-0.4, -0.2) is 55.2 Å². The van der Waals surface area contributed by atoms with Crippen LogP contribution in [0.1, 0.15) is 52.0 Å². The largest absolute Gasteiger partial charge is 0.387 e. The summed E-state index contributed by atoms with van der Waals surface area (Å²) in [6.45, 7) is 11.8. The number of anilines is 1. The Morgan fingerprint density at radius 3 is 2.62 bits per heavy atom. The van der Waals surface area contributed by atoms with Crippen LogP contribution in [0, 0.1) is 0 Å². The highest BCUT2D eigenvalue weighted by molar-refractivity contribution is 6.06. The third kappa shape index (κ3) is 7.37. The van der Waals surface area contributed by atoms with Gasteiger partial charge in [-0.2, -0.15) is 0 Å². The van der Waals surface area contributed by atoms with Gasteiger partial charge < -0.3 is 25.8 Å². The van der Waals surface area contributed by atoms with Crippen molar-refractivity contribution in [1.29, 1.82) is 0 Å². The summed E-state index contributed by atoms with van der Waals surface area (Å²) in [7, 11) is 2.19. The maximum absolute atomic E-state index is 13.2. The number of hydrogen-bond donors (Lipinski definition) is 5. The highest BCUT2D eigenvalue weighted by Gasteiger charge is 2.23. The number of hydrogen-bond acceptors (Lipinski definition) is 5. The lowest BCUT2D eigenvalue weighted by Crippen LogP contribution is -2.46. The number of fused-ring (bicyclic) bond motifs is 1. The van der Waals surface area contributed by atoms with Crippen molar-refractivity contribution >= 4 is 22.5 Å². The van der Waals surface area contributed by atoms with E-state index in [0.717, 1.165) is 30.8 Å². The monoisotopic (exact) mass is 504 g/mol. The lowest BCUT2D eigenvalue weighted by atomic mass is 9.89. The summed E-state index contributed by atoms with van der Waals surface area (Å²) in [5.41, 5.74) is 5.16. The lowest BCUT2D eigenvalue weighted by Gasteiger charge is -2.28. The van der Waals surface area contributed by atoms with Gasteiger partial charge in [-0.25, -0.2) is 0 Å². The van der Waals surface area contributed by atoms with E-state index in [0.29, 0.717) is 18.0 Å². The van der Waals surface area contributed by atoms with E-state index in [1.54, 1.807) is 0 Å². The van der Waals surface area contributed by atoms with Gasteiger partial charge in [0.2, 0.25) is 0 Å². The van der Waals surface area contributed by atoms with Crippen LogP contribution < -0.4 is 21.3 Å². The lowest BCUT2D eigenvalue weighted by molar-refractivity contribution is -0.113. The minimum absolute atomic E-state index is 0.102. The molecule has 3 aliphatic rings. The standard InChI is InChI=1S/C26H32N6O.2C2H6/c1-32-13-8-19(9-14-32)23-17-29-24-5-4-20(15-22(23)24)31-26(33)21-3-2-10-28-25(21)30-16-18-6-11-27-12-7-18;2*1-2/h2-7,10-11,15,17,19,25,27-30H,8-9,12-14,16H2,1H3,(H,31,33);2*1-2H3. The number of nitrogens with one attached hydrogen (secondary N) is 5. The summed E-state index contributed by atoms with van der Waals surface area (Å²) in [5.74, 6) is 0.457. The number of dihydropyridines is 2. The molecule has 7 heteroatoms. The molecule has 3 aliphatic heterocycles. The van der Waals surface area contributed by atoms with Gasteiger partial charge in [-0.1, -0.05) is 33.8 Å². The predicted octanol–water partition coefficient (Wildman–Crippen LogP) is 4.97. The number of piperidine rings is 1. The van der Waals surface area contributed by atoms with Gasteiger partial charge in [0.15, 0.2) is 0 Å².